The third kappa shape index (κ3) is 4.57. The van der Waals surface area contributed by atoms with E-state index in [4.69, 9.17) is 16.3 Å². The molecule has 1 saturated carbocycles. The summed E-state index contributed by atoms with van der Waals surface area (Å²) in [4.78, 5) is 10.9. The first-order chi connectivity index (χ1) is 13.6. The normalized spacial score (nSPS) is 22.3. The Morgan fingerprint density at radius 3 is 2.64 bits per heavy atom. The van der Waals surface area contributed by atoms with Gasteiger partial charge in [0, 0.05) is 19.2 Å². The van der Waals surface area contributed by atoms with Crippen LogP contribution in [0.25, 0.3) is 0 Å². The van der Waals surface area contributed by atoms with Gasteiger partial charge in [-0.3, -0.25) is 0 Å². The van der Waals surface area contributed by atoms with E-state index in [1.807, 2.05) is 19.1 Å². The van der Waals surface area contributed by atoms with Crippen LogP contribution in [-0.4, -0.2) is 29.7 Å². The molecule has 2 heterocycles. The van der Waals surface area contributed by atoms with E-state index in [1.165, 1.54) is 25.3 Å². The summed E-state index contributed by atoms with van der Waals surface area (Å²) in [6.45, 7) is 4.65. The summed E-state index contributed by atoms with van der Waals surface area (Å²) in [5.74, 6) is 3.61. The summed E-state index contributed by atoms with van der Waals surface area (Å²) in [5, 5.41) is 0.575. The van der Waals surface area contributed by atoms with Crippen LogP contribution in [0.15, 0.2) is 30.6 Å². The molecule has 2 aromatic rings. The topological polar surface area (TPSA) is 38.2 Å². The van der Waals surface area contributed by atoms with Crippen molar-refractivity contribution < 1.29 is 9.13 Å². The third-order valence-corrected chi connectivity index (χ3v) is 6.37. The highest BCUT2D eigenvalue weighted by molar-refractivity contribution is 6.30. The molecule has 4 rings (SSSR count). The van der Waals surface area contributed by atoms with Gasteiger partial charge in [-0.05, 0) is 61.5 Å². The minimum atomic E-state index is -0.166. The van der Waals surface area contributed by atoms with Crippen LogP contribution in [0.3, 0.4) is 0 Å². The number of piperidine rings is 1. The Morgan fingerprint density at radius 2 is 1.96 bits per heavy atom. The summed E-state index contributed by atoms with van der Waals surface area (Å²) in [6, 6.07) is 5.21. The number of hydrogen-bond donors (Lipinski definition) is 0. The van der Waals surface area contributed by atoms with Crippen LogP contribution in [-0.2, 0) is 6.42 Å². The maximum atomic E-state index is 13.8. The molecule has 1 saturated heterocycles. The molecule has 0 N–H and O–H groups in total. The van der Waals surface area contributed by atoms with E-state index < -0.39 is 0 Å². The first-order valence-electron chi connectivity index (χ1n) is 10.3. The molecule has 1 aromatic carbocycles. The molecule has 2 atom stereocenters. The summed E-state index contributed by atoms with van der Waals surface area (Å²) < 4.78 is 19.6. The molecule has 1 aromatic heterocycles. The van der Waals surface area contributed by atoms with Crippen LogP contribution in [0, 0.1) is 23.6 Å². The standard InChI is InChI=1S/C22H27ClFN3O/c1-2-15-3-4-19(12-21(15)24)28-10-7-17-11-20(17)16-5-8-27(9-6-16)22-25-13-18(23)14-26-22/h3-4,12-14,16-17,20H,2,5-11H2,1H3. The Kier molecular flexibility index (Phi) is 6.00. The van der Waals surface area contributed by atoms with Crippen LogP contribution < -0.4 is 9.64 Å². The molecular weight excluding hydrogens is 377 g/mol. The lowest BCUT2D eigenvalue weighted by Gasteiger charge is -2.32. The highest BCUT2D eigenvalue weighted by Crippen LogP contribution is 2.49. The molecule has 2 fully saturated rings. The van der Waals surface area contributed by atoms with E-state index >= 15 is 0 Å². The average Bonchev–Trinajstić information content (AvgIpc) is 3.48. The fourth-order valence-electron chi connectivity index (χ4n) is 4.41. The van der Waals surface area contributed by atoms with Crippen molar-refractivity contribution in [3.63, 3.8) is 0 Å². The molecule has 28 heavy (non-hydrogen) atoms. The Morgan fingerprint density at radius 1 is 1.21 bits per heavy atom. The lowest BCUT2D eigenvalue weighted by molar-refractivity contribution is 0.283. The number of aromatic nitrogens is 2. The second-order valence-corrected chi connectivity index (χ2v) is 8.37. The molecule has 0 radical (unpaired) electrons. The minimum Gasteiger partial charge on any atom is -0.493 e. The number of rotatable bonds is 7. The van der Waals surface area contributed by atoms with Crippen molar-refractivity contribution in [2.75, 3.05) is 24.6 Å². The Hall–Kier alpha value is -1.88. The molecule has 0 bridgehead atoms. The fraction of sp³-hybridized carbons (Fsp3) is 0.545. The Balaban J connectivity index is 1.18. The SMILES string of the molecule is CCc1ccc(OCCC2CC2C2CCN(c3ncc(Cl)cn3)CC2)cc1F. The van der Waals surface area contributed by atoms with Crippen molar-refractivity contribution in [2.24, 2.45) is 17.8 Å². The van der Waals surface area contributed by atoms with Gasteiger partial charge in [0.15, 0.2) is 0 Å². The summed E-state index contributed by atoms with van der Waals surface area (Å²) in [6.07, 6.45) is 8.77. The van der Waals surface area contributed by atoms with Gasteiger partial charge in [0.05, 0.1) is 24.0 Å². The van der Waals surface area contributed by atoms with Gasteiger partial charge in [0.1, 0.15) is 11.6 Å². The molecule has 0 spiro atoms. The predicted octanol–water partition coefficient (Wildman–Crippen LogP) is 5.15. The highest BCUT2D eigenvalue weighted by atomic mass is 35.5. The molecule has 2 unspecified atom stereocenters. The second-order valence-electron chi connectivity index (χ2n) is 7.93. The zero-order chi connectivity index (χ0) is 19.5. The molecule has 150 valence electrons. The fourth-order valence-corrected chi connectivity index (χ4v) is 4.51. The van der Waals surface area contributed by atoms with Gasteiger partial charge in [0.25, 0.3) is 0 Å². The molecule has 4 nitrogen and oxygen atoms in total. The number of ether oxygens (including phenoxy) is 1. The van der Waals surface area contributed by atoms with Crippen LogP contribution >= 0.6 is 11.6 Å². The van der Waals surface area contributed by atoms with Gasteiger partial charge < -0.3 is 9.64 Å². The summed E-state index contributed by atoms with van der Waals surface area (Å²) in [7, 11) is 0. The quantitative estimate of drug-likeness (QED) is 0.640. The van der Waals surface area contributed by atoms with Crippen molar-refractivity contribution in [1.82, 2.24) is 9.97 Å². The van der Waals surface area contributed by atoms with E-state index in [2.05, 4.69) is 14.9 Å². The molecule has 1 aliphatic heterocycles. The highest BCUT2D eigenvalue weighted by Gasteiger charge is 2.43. The van der Waals surface area contributed by atoms with Crippen molar-refractivity contribution in [2.45, 2.75) is 39.0 Å². The van der Waals surface area contributed by atoms with Gasteiger partial charge in [-0.1, -0.05) is 24.6 Å². The number of benzene rings is 1. The molecule has 1 aliphatic carbocycles. The van der Waals surface area contributed by atoms with Gasteiger partial charge in [0.2, 0.25) is 5.95 Å². The first-order valence-corrected chi connectivity index (χ1v) is 10.7. The van der Waals surface area contributed by atoms with Crippen LogP contribution in [0.5, 0.6) is 5.75 Å². The lowest BCUT2D eigenvalue weighted by Crippen LogP contribution is -2.35. The predicted molar refractivity (Wildman–Crippen MR) is 109 cm³/mol. The summed E-state index contributed by atoms with van der Waals surface area (Å²) in [5.41, 5.74) is 0.741. The minimum absolute atomic E-state index is 0.166. The van der Waals surface area contributed by atoms with Crippen molar-refractivity contribution in [3.05, 3.63) is 47.0 Å². The molecule has 6 heteroatoms. The lowest BCUT2D eigenvalue weighted by atomic mass is 9.90. The number of hydrogen-bond acceptors (Lipinski definition) is 4. The number of aryl methyl sites for hydroxylation is 1. The van der Waals surface area contributed by atoms with E-state index in [-0.39, 0.29) is 5.82 Å². The van der Waals surface area contributed by atoms with Crippen molar-refractivity contribution in [1.29, 1.82) is 0 Å². The van der Waals surface area contributed by atoms with E-state index in [0.717, 1.165) is 48.8 Å². The maximum absolute atomic E-state index is 13.8. The van der Waals surface area contributed by atoms with Crippen LogP contribution in [0.1, 0.15) is 38.2 Å². The second kappa shape index (κ2) is 8.64. The first kappa shape index (κ1) is 19.4. The van der Waals surface area contributed by atoms with E-state index in [0.29, 0.717) is 23.8 Å². The van der Waals surface area contributed by atoms with Crippen LogP contribution in [0.2, 0.25) is 5.02 Å². The zero-order valence-electron chi connectivity index (χ0n) is 16.3. The Bertz CT molecular complexity index is 793. The van der Waals surface area contributed by atoms with Gasteiger partial charge in [-0.15, -0.1) is 0 Å². The van der Waals surface area contributed by atoms with Crippen molar-refractivity contribution >= 4 is 17.5 Å². The maximum Gasteiger partial charge on any atom is 0.225 e. The summed E-state index contributed by atoms with van der Waals surface area (Å²) >= 11 is 5.87. The monoisotopic (exact) mass is 403 g/mol. The largest absolute Gasteiger partial charge is 0.493 e. The van der Waals surface area contributed by atoms with Gasteiger partial charge >= 0.3 is 0 Å². The third-order valence-electron chi connectivity index (χ3n) is 6.17. The van der Waals surface area contributed by atoms with Crippen LogP contribution in [0.4, 0.5) is 10.3 Å². The van der Waals surface area contributed by atoms with Gasteiger partial charge in [-0.2, -0.15) is 0 Å². The smallest absolute Gasteiger partial charge is 0.225 e. The van der Waals surface area contributed by atoms with Crippen molar-refractivity contribution in [3.8, 4) is 5.75 Å². The number of anilines is 1. The zero-order valence-corrected chi connectivity index (χ0v) is 17.0. The van der Waals surface area contributed by atoms with Gasteiger partial charge in [-0.25, -0.2) is 14.4 Å². The van der Waals surface area contributed by atoms with E-state index in [9.17, 15) is 4.39 Å². The number of halogens is 2. The van der Waals surface area contributed by atoms with E-state index in [1.54, 1.807) is 12.4 Å². The Labute approximate surface area is 171 Å². The molecule has 2 aliphatic rings. The number of nitrogens with zero attached hydrogens (tertiary/aromatic N) is 3. The molecular formula is C22H27ClFN3O. The molecule has 0 amide bonds. The average molecular weight is 404 g/mol.